The van der Waals surface area contributed by atoms with Crippen molar-refractivity contribution in [3.8, 4) is 17.2 Å². The number of Topliss-reactive ketones (excluding diaryl/α,β-unsaturated/α-hetero) is 1. The number of rotatable bonds is 20. The van der Waals surface area contributed by atoms with Gasteiger partial charge in [-0.3, -0.25) is 19.1 Å². The Bertz CT molecular complexity index is 2550. The Balaban J connectivity index is 1.37. The first-order valence-electron chi connectivity index (χ1n) is 20.8. The molecule has 4 N–H and O–H groups in total. The molecule has 4 aromatic carbocycles. The van der Waals surface area contributed by atoms with Crippen molar-refractivity contribution in [2.75, 3.05) is 39.0 Å². The van der Waals surface area contributed by atoms with Crippen LogP contribution in [0.1, 0.15) is 36.8 Å². The van der Waals surface area contributed by atoms with E-state index in [9.17, 15) is 41.0 Å². The van der Waals surface area contributed by atoms with Crippen molar-refractivity contribution >= 4 is 22.9 Å². The largest absolute Gasteiger partial charge is 0.494 e. The fourth-order valence-electron chi connectivity index (χ4n) is 7.67. The van der Waals surface area contributed by atoms with Crippen LogP contribution in [0.4, 0.5) is 32.3 Å². The minimum Gasteiger partial charge on any atom is -0.494 e. The number of ketones is 1. The number of para-hydroxylation sites is 1. The molecule has 0 saturated carbocycles. The molecule has 21 heteroatoms. The summed E-state index contributed by atoms with van der Waals surface area (Å²) in [5, 5.41) is 12.4. The number of aliphatic hydroxyl groups excluding tert-OH is 1. The average molecular weight is 942 g/mol. The van der Waals surface area contributed by atoms with Crippen LogP contribution >= 0.6 is 0 Å². The van der Waals surface area contributed by atoms with Crippen molar-refractivity contribution < 1.29 is 69.4 Å². The number of nitrogens with zero attached hydrogens (tertiary/aromatic N) is 3. The summed E-state index contributed by atoms with van der Waals surface area (Å²) in [7, 11) is 0. The molecule has 1 aliphatic rings. The number of nitrogens with two attached hydrogens (primary N) is 1. The molecular weight excluding hydrogens is 897 g/mol. The van der Waals surface area contributed by atoms with Crippen LogP contribution in [0.3, 0.4) is 0 Å². The Hall–Kier alpha value is -6.52. The molecule has 67 heavy (non-hydrogen) atoms. The third-order valence-electron chi connectivity index (χ3n) is 10.8. The van der Waals surface area contributed by atoms with Crippen LogP contribution in [-0.4, -0.2) is 100 Å². The molecule has 0 bridgehead atoms. The van der Waals surface area contributed by atoms with E-state index in [1.807, 2.05) is 13.8 Å². The van der Waals surface area contributed by atoms with Crippen LogP contribution in [0, 0.1) is 5.92 Å². The molecule has 7 rings (SSSR count). The van der Waals surface area contributed by atoms with Crippen LogP contribution in [0.5, 0.6) is 17.2 Å². The molecule has 2 aromatic heterocycles. The Morgan fingerprint density at radius 3 is 1.90 bits per heavy atom. The summed E-state index contributed by atoms with van der Waals surface area (Å²) in [4.78, 5) is 38.4. The number of halogens is 6. The highest BCUT2D eigenvalue weighted by Gasteiger charge is 2.57. The van der Waals surface area contributed by atoms with Crippen molar-refractivity contribution in [1.29, 1.82) is 0 Å². The number of imidazole rings is 1. The van der Waals surface area contributed by atoms with Gasteiger partial charge in [0.15, 0.2) is 29.4 Å². The molecule has 15 nitrogen and oxygen atoms in total. The third-order valence-corrected chi connectivity index (χ3v) is 10.8. The molecule has 0 spiro atoms. The van der Waals surface area contributed by atoms with Crippen molar-refractivity contribution in [3.05, 3.63) is 143 Å². The number of benzene rings is 4. The first-order chi connectivity index (χ1) is 32.0. The Labute approximate surface area is 378 Å². The van der Waals surface area contributed by atoms with Gasteiger partial charge in [-0.15, -0.1) is 0 Å². The number of carbonyl (C=O) groups excluding carboxylic acids is 1. The molecule has 1 aliphatic heterocycles. The fourth-order valence-corrected chi connectivity index (χ4v) is 7.67. The fraction of sp³-hybridized carbons (Fsp3) is 0.348. The van der Waals surface area contributed by atoms with E-state index in [0.717, 1.165) is 10.9 Å². The van der Waals surface area contributed by atoms with Gasteiger partial charge in [-0.2, -0.15) is 31.3 Å². The second kappa shape index (κ2) is 20.6. The Morgan fingerprint density at radius 2 is 1.34 bits per heavy atom. The predicted octanol–water partition coefficient (Wildman–Crippen LogP) is 6.88. The van der Waals surface area contributed by atoms with Crippen molar-refractivity contribution in [1.82, 2.24) is 19.5 Å². The summed E-state index contributed by atoms with van der Waals surface area (Å²) < 4.78 is 123. The predicted molar refractivity (Wildman–Crippen MR) is 227 cm³/mol. The van der Waals surface area contributed by atoms with Gasteiger partial charge in [-0.1, -0.05) is 72.8 Å². The number of H-pyrrole nitrogens is 1. The van der Waals surface area contributed by atoms with Crippen LogP contribution in [-0.2, 0) is 29.3 Å². The molecule has 1 saturated heterocycles. The molecule has 5 atom stereocenters. The highest BCUT2D eigenvalue weighted by atomic mass is 19.4. The number of ether oxygens (including phenoxy) is 7. The number of nitrogen functional groups attached to an aromatic ring is 1. The summed E-state index contributed by atoms with van der Waals surface area (Å²) in [6, 6.07) is 30.8. The lowest BCUT2D eigenvalue weighted by molar-refractivity contribution is -0.299. The van der Waals surface area contributed by atoms with Gasteiger partial charge in [0.05, 0.1) is 26.1 Å². The normalized spacial score (nSPS) is 18.3. The maximum absolute atomic E-state index is 15.0. The lowest BCUT2D eigenvalue weighted by atomic mass is 9.79. The quantitative estimate of drug-likeness (QED) is 0.0311. The zero-order chi connectivity index (χ0) is 47.9. The van der Waals surface area contributed by atoms with Gasteiger partial charge in [0.25, 0.3) is 5.56 Å². The number of aromatic amines is 1. The number of aliphatic hydroxyl groups is 1. The molecular formula is C46H45F6N5O10. The van der Waals surface area contributed by atoms with E-state index < -0.39 is 85.9 Å². The highest BCUT2D eigenvalue weighted by molar-refractivity contribution is 5.85. The molecule has 0 aliphatic carbocycles. The van der Waals surface area contributed by atoms with E-state index in [2.05, 4.69) is 15.0 Å². The van der Waals surface area contributed by atoms with Crippen LogP contribution in [0.15, 0.2) is 120 Å². The smallest absolute Gasteiger partial charge is 0.402 e. The maximum Gasteiger partial charge on any atom is 0.402 e. The molecule has 3 heterocycles. The Morgan fingerprint density at radius 1 is 0.806 bits per heavy atom. The first-order valence-corrected chi connectivity index (χ1v) is 20.8. The van der Waals surface area contributed by atoms with E-state index in [-0.39, 0.29) is 17.1 Å². The minimum atomic E-state index is -5.72. The zero-order valence-corrected chi connectivity index (χ0v) is 35.8. The lowest BCUT2D eigenvalue weighted by Crippen LogP contribution is -2.51. The number of aromatic nitrogens is 4. The topological polar surface area (TPSA) is 191 Å². The number of hydrogen-bond acceptors (Lipinski definition) is 13. The maximum atomic E-state index is 15.0. The second-order valence-corrected chi connectivity index (χ2v) is 15.1. The van der Waals surface area contributed by atoms with E-state index in [0.29, 0.717) is 47.2 Å². The van der Waals surface area contributed by atoms with Gasteiger partial charge in [0.1, 0.15) is 54.6 Å². The van der Waals surface area contributed by atoms with Crippen LogP contribution in [0.2, 0.25) is 0 Å². The summed E-state index contributed by atoms with van der Waals surface area (Å²) in [6.07, 6.45) is -19.5. The molecule has 0 radical (unpaired) electrons. The summed E-state index contributed by atoms with van der Waals surface area (Å²) >= 11 is 0. The Kier molecular flexibility index (Phi) is 14.9. The van der Waals surface area contributed by atoms with Crippen LogP contribution < -0.4 is 25.5 Å². The molecule has 1 unspecified atom stereocenters. The number of fused-ring (bicyclic) bond motifs is 1. The van der Waals surface area contributed by atoms with Gasteiger partial charge >= 0.3 is 12.4 Å². The van der Waals surface area contributed by atoms with E-state index >= 15 is 0 Å². The zero-order valence-electron chi connectivity index (χ0n) is 35.8. The van der Waals surface area contributed by atoms with E-state index in [1.165, 1.54) is 0 Å². The van der Waals surface area contributed by atoms with Gasteiger partial charge < -0.3 is 44.0 Å². The molecule has 0 amide bonds. The van der Waals surface area contributed by atoms with Gasteiger partial charge in [0.2, 0.25) is 11.7 Å². The highest BCUT2D eigenvalue weighted by Crippen LogP contribution is 2.46. The van der Waals surface area contributed by atoms with Crippen molar-refractivity contribution in [3.63, 3.8) is 0 Å². The number of anilines is 1. The van der Waals surface area contributed by atoms with Gasteiger partial charge in [0, 0.05) is 0 Å². The summed E-state index contributed by atoms with van der Waals surface area (Å²) in [6.45, 7) is 0.544. The van der Waals surface area contributed by atoms with Gasteiger partial charge in [-0.05, 0) is 66.9 Å². The SMILES string of the molecule is CCOc1ccc(C(OC(C(=O)COc2ccccc2)[C@H]2O[C@@H](n3cnc4c(=O)[nH]c(N)nc43)[C@H](OCOCC(C(F)(F)F)C(F)(F)F)[C@@H]2O)(c2ccccc2)c2ccc(OCC)cc2)cc1. The minimum absolute atomic E-state index is 0.221. The summed E-state index contributed by atoms with van der Waals surface area (Å²) in [5.74, 6) is -3.71. The van der Waals surface area contributed by atoms with Crippen molar-refractivity contribution in [2.24, 2.45) is 5.92 Å². The van der Waals surface area contributed by atoms with E-state index in [1.54, 1.807) is 109 Å². The molecule has 6 aromatic rings. The average Bonchev–Trinajstić information content (AvgIpc) is 3.86. The monoisotopic (exact) mass is 941 g/mol. The molecule has 1 fully saturated rings. The first kappa shape index (κ1) is 48.4. The van der Waals surface area contributed by atoms with Gasteiger partial charge in [-0.25, -0.2) is 4.98 Å². The van der Waals surface area contributed by atoms with E-state index in [4.69, 9.17) is 38.9 Å². The van der Waals surface area contributed by atoms with Crippen LogP contribution in [0.25, 0.3) is 11.2 Å². The number of alkyl halides is 6. The standard InChI is InChI=1S/C46H45F6N5O10/c1-3-62-31-19-15-28(16-20-31)44(27-11-7-5-8-12-27,29-17-21-32(22-18-29)63-4-2)67-37(33(58)23-64-30-13-9-6-10-14-30)38-36(59)39(65-26-61-24-34(45(47,48)49)46(50,51)52)42(66-38)57-25-54-35-40(57)55-43(53)56-41(35)60/h5-22,25,34,36-39,42,59H,3-4,23-24,26H2,1-2H3,(H3,53,55,56,60)/t36-,37?,38+,39-,42-/m1/s1. The lowest BCUT2D eigenvalue weighted by Gasteiger charge is -2.40. The number of nitrogens with one attached hydrogen (secondary N) is 1. The summed E-state index contributed by atoms with van der Waals surface area (Å²) in [5.41, 5.74) is 4.25. The number of hydrogen-bond donors (Lipinski definition) is 3. The number of carbonyl (C=O) groups is 1. The van der Waals surface area contributed by atoms with Crippen molar-refractivity contribution in [2.45, 2.75) is 62.4 Å². The molecule has 356 valence electrons. The second-order valence-electron chi connectivity index (χ2n) is 15.1. The third kappa shape index (κ3) is 10.7.